The van der Waals surface area contributed by atoms with Crippen LogP contribution in [0.1, 0.15) is 24.0 Å². The van der Waals surface area contributed by atoms with Crippen molar-refractivity contribution < 1.29 is 23.8 Å². The summed E-state index contributed by atoms with van der Waals surface area (Å²) in [4.78, 5) is 32.4. The van der Waals surface area contributed by atoms with Crippen molar-refractivity contribution in [3.05, 3.63) is 93.7 Å². The average molecular weight is 659 g/mol. The number of aryl methyl sites for hydroxylation is 1. The van der Waals surface area contributed by atoms with Crippen LogP contribution >= 0.6 is 11.6 Å². The zero-order valence-corrected chi connectivity index (χ0v) is 26.7. The third kappa shape index (κ3) is 6.68. The van der Waals surface area contributed by atoms with Crippen LogP contribution in [0.25, 0.3) is 33.6 Å². The number of alkyl carbamates (subject to hydrolysis) is 1. The Balaban J connectivity index is 0.985. The van der Waals surface area contributed by atoms with E-state index in [1.165, 1.54) is 10.9 Å². The van der Waals surface area contributed by atoms with E-state index >= 15 is 0 Å². The lowest BCUT2D eigenvalue weighted by Gasteiger charge is -2.38. The molecule has 2 aliphatic rings. The van der Waals surface area contributed by atoms with Crippen LogP contribution in [0.5, 0.6) is 0 Å². The van der Waals surface area contributed by atoms with Crippen molar-refractivity contribution in [3.8, 4) is 22.6 Å². The van der Waals surface area contributed by atoms with Crippen molar-refractivity contribution >= 4 is 28.7 Å². The molecular weight excluding hydrogens is 624 g/mol. The third-order valence-electron chi connectivity index (χ3n) is 8.86. The number of carbonyl (C=O) groups is 1. The predicted octanol–water partition coefficient (Wildman–Crippen LogP) is 4.36. The number of aliphatic hydroxyl groups is 1. The van der Waals surface area contributed by atoms with E-state index in [0.717, 1.165) is 28.0 Å². The number of piperidine rings is 1. The highest BCUT2D eigenvalue weighted by atomic mass is 35.5. The number of likely N-dealkylation sites (tertiary alicyclic amines) is 1. The molecule has 3 aromatic heterocycles. The molecule has 5 aromatic rings. The number of halogens is 1. The van der Waals surface area contributed by atoms with Gasteiger partial charge in [0.2, 0.25) is 0 Å². The smallest absolute Gasteiger partial charge is 0.407 e. The van der Waals surface area contributed by atoms with E-state index in [9.17, 15) is 14.7 Å². The summed E-state index contributed by atoms with van der Waals surface area (Å²) in [6, 6.07) is 17.3. The van der Waals surface area contributed by atoms with E-state index in [4.69, 9.17) is 25.5 Å². The Morgan fingerprint density at radius 3 is 2.55 bits per heavy atom. The molecule has 12 nitrogen and oxygen atoms in total. The minimum atomic E-state index is -1.05. The largest absolute Gasteiger partial charge is 0.464 e. The summed E-state index contributed by atoms with van der Waals surface area (Å²) in [6.45, 7) is 3.29. The number of rotatable bonds is 9. The molecule has 0 radical (unpaired) electrons. The third-order valence-corrected chi connectivity index (χ3v) is 9.21. The Labute approximate surface area is 275 Å². The monoisotopic (exact) mass is 658 g/mol. The van der Waals surface area contributed by atoms with E-state index in [1.54, 1.807) is 18.0 Å². The molecule has 2 aliphatic heterocycles. The van der Waals surface area contributed by atoms with E-state index in [2.05, 4.69) is 20.3 Å². The van der Waals surface area contributed by atoms with E-state index in [-0.39, 0.29) is 23.7 Å². The molecule has 0 bridgehead atoms. The molecule has 1 amide bonds. The summed E-state index contributed by atoms with van der Waals surface area (Å²) in [5.41, 5.74) is 3.74. The quantitative estimate of drug-likeness (QED) is 0.237. The van der Waals surface area contributed by atoms with Gasteiger partial charge in [-0.1, -0.05) is 48.0 Å². The predicted molar refractivity (Wildman–Crippen MR) is 175 cm³/mol. The molecule has 2 N–H and O–H groups in total. The first-order valence-corrected chi connectivity index (χ1v) is 15.9. The summed E-state index contributed by atoms with van der Waals surface area (Å²) >= 11 is 6.60. The maximum atomic E-state index is 13.5. The Morgan fingerprint density at radius 2 is 1.87 bits per heavy atom. The number of amides is 1. The number of ether oxygens (including phenoxy) is 2. The molecule has 13 heteroatoms. The van der Waals surface area contributed by atoms with Crippen LogP contribution in [0, 0.1) is 0 Å². The van der Waals surface area contributed by atoms with Crippen LogP contribution in [0.4, 0.5) is 4.79 Å². The summed E-state index contributed by atoms with van der Waals surface area (Å²) in [5, 5.41) is 19.4. The van der Waals surface area contributed by atoms with Gasteiger partial charge >= 0.3 is 6.09 Å². The number of hydrogen-bond acceptors (Lipinski definition) is 9. The van der Waals surface area contributed by atoms with Gasteiger partial charge in [-0.15, -0.1) is 0 Å². The van der Waals surface area contributed by atoms with E-state index in [0.29, 0.717) is 68.5 Å². The van der Waals surface area contributed by atoms with Crippen LogP contribution in [-0.2, 0) is 36.2 Å². The molecule has 244 valence electrons. The number of aromatic nitrogens is 4. The van der Waals surface area contributed by atoms with Crippen molar-refractivity contribution in [2.75, 3.05) is 26.3 Å². The summed E-state index contributed by atoms with van der Waals surface area (Å²) in [6.07, 6.45) is 3.48. The maximum absolute atomic E-state index is 13.5. The number of furan rings is 1. The lowest BCUT2D eigenvalue weighted by molar-refractivity contribution is -0.0980. The van der Waals surface area contributed by atoms with Gasteiger partial charge in [-0.2, -0.15) is 5.10 Å². The van der Waals surface area contributed by atoms with Gasteiger partial charge < -0.3 is 24.3 Å². The van der Waals surface area contributed by atoms with Gasteiger partial charge in [0, 0.05) is 49.4 Å². The molecule has 7 rings (SSSR count). The summed E-state index contributed by atoms with van der Waals surface area (Å²) in [5.74, 6) is 0.769. The first kappa shape index (κ1) is 31.1. The van der Waals surface area contributed by atoms with Crippen molar-refractivity contribution in [1.29, 1.82) is 0 Å². The fourth-order valence-electron chi connectivity index (χ4n) is 6.08. The van der Waals surface area contributed by atoms with Gasteiger partial charge in [0.25, 0.3) is 5.56 Å². The fourth-order valence-corrected chi connectivity index (χ4v) is 6.32. The summed E-state index contributed by atoms with van der Waals surface area (Å²) in [7, 11) is 1.77. The molecule has 47 heavy (non-hydrogen) atoms. The lowest BCUT2D eigenvalue weighted by atomic mass is 9.91. The molecule has 2 fully saturated rings. The highest BCUT2D eigenvalue weighted by molar-refractivity contribution is 6.31. The van der Waals surface area contributed by atoms with Crippen LogP contribution in [0.3, 0.4) is 0 Å². The van der Waals surface area contributed by atoms with Gasteiger partial charge in [0.1, 0.15) is 11.3 Å². The summed E-state index contributed by atoms with van der Waals surface area (Å²) < 4.78 is 18.8. The second-order valence-electron chi connectivity index (χ2n) is 12.2. The molecule has 0 atom stereocenters. The molecule has 0 spiro atoms. The second-order valence-corrected chi connectivity index (χ2v) is 12.7. The standard InChI is InChI=1S/C34H35ClN6O6/c1-39-31(23-6-4-22(5-7-23)16-36-33(43)47-26-18-45-19-26)29-30(38-39)32(42)41(21-37-29)20-34(44)10-12-40(13-11-34)17-25-9-8-24(15-27(25)35)28-3-2-14-46-28/h2-9,14-15,21,26,44H,10-13,16-20H2,1H3,(H,36,43). The normalized spacial score (nSPS) is 16.7. The minimum absolute atomic E-state index is 0.130. The number of fused-ring (bicyclic) bond motifs is 1. The SMILES string of the molecule is Cn1nc2c(=O)n(CC3(O)CCN(Cc4ccc(-c5ccco5)cc4Cl)CC3)cnc2c1-c1ccc(CNC(=O)OC2COC2)cc1. The van der Waals surface area contributed by atoms with Gasteiger partial charge in [0.05, 0.1) is 43.6 Å². The number of nitrogens with zero attached hydrogens (tertiary/aromatic N) is 5. The Bertz CT molecular complexity index is 1940. The molecular formula is C34H35ClN6O6. The first-order valence-electron chi connectivity index (χ1n) is 15.6. The highest BCUT2D eigenvalue weighted by Crippen LogP contribution is 2.30. The molecule has 2 aromatic carbocycles. The average Bonchev–Trinajstić information content (AvgIpc) is 3.70. The van der Waals surface area contributed by atoms with E-state index < -0.39 is 11.7 Å². The topological polar surface area (TPSA) is 137 Å². The number of nitrogens with one attached hydrogen (secondary N) is 1. The van der Waals surface area contributed by atoms with Gasteiger partial charge in [-0.3, -0.25) is 18.9 Å². The Kier molecular flexibility index (Phi) is 8.58. The zero-order chi connectivity index (χ0) is 32.5. The van der Waals surface area contributed by atoms with Crippen LogP contribution in [-0.4, -0.2) is 73.4 Å². The van der Waals surface area contributed by atoms with Crippen LogP contribution in [0.2, 0.25) is 5.02 Å². The number of hydrogen-bond donors (Lipinski definition) is 2. The maximum Gasteiger partial charge on any atom is 0.407 e. The van der Waals surface area contributed by atoms with Gasteiger partial charge in [0.15, 0.2) is 11.6 Å². The molecule has 0 saturated carbocycles. The highest BCUT2D eigenvalue weighted by Gasteiger charge is 2.34. The fraction of sp³-hybridized carbons (Fsp3) is 0.353. The Morgan fingerprint density at radius 1 is 1.11 bits per heavy atom. The van der Waals surface area contributed by atoms with Crippen LogP contribution in [0.15, 0.2) is 76.4 Å². The number of benzene rings is 2. The minimum Gasteiger partial charge on any atom is -0.464 e. The first-order chi connectivity index (χ1) is 22.7. The van der Waals surface area contributed by atoms with Gasteiger partial charge in [-0.05, 0) is 42.2 Å². The molecule has 2 saturated heterocycles. The lowest BCUT2D eigenvalue weighted by Crippen LogP contribution is -2.47. The van der Waals surface area contributed by atoms with Crippen molar-refractivity contribution in [2.45, 2.75) is 44.2 Å². The number of carbonyl (C=O) groups excluding carboxylic acids is 1. The second kappa shape index (κ2) is 13.0. The van der Waals surface area contributed by atoms with Crippen molar-refractivity contribution in [1.82, 2.24) is 29.5 Å². The van der Waals surface area contributed by atoms with Gasteiger partial charge in [-0.25, -0.2) is 9.78 Å². The zero-order valence-electron chi connectivity index (χ0n) is 25.9. The van der Waals surface area contributed by atoms with Crippen molar-refractivity contribution in [2.24, 2.45) is 7.05 Å². The van der Waals surface area contributed by atoms with Crippen molar-refractivity contribution in [3.63, 3.8) is 0 Å². The molecule has 0 aliphatic carbocycles. The Hall–Kier alpha value is -4.49. The molecule has 5 heterocycles. The molecule has 0 unspecified atom stereocenters. The van der Waals surface area contributed by atoms with E-state index in [1.807, 2.05) is 54.6 Å². The van der Waals surface area contributed by atoms with Crippen LogP contribution < -0.4 is 10.9 Å².